The van der Waals surface area contributed by atoms with E-state index in [0.717, 1.165) is 10.1 Å². The molecule has 0 atom stereocenters. The Balaban J connectivity index is 0. The molecule has 0 saturated carbocycles. The van der Waals surface area contributed by atoms with Gasteiger partial charge in [0.25, 0.3) is 5.56 Å². The Kier molecular flexibility index (Phi) is 18.6. The van der Waals surface area contributed by atoms with Crippen LogP contribution in [0.2, 0.25) is 0 Å². The second kappa shape index (κ2) is 19.4. The van der Waals surface area contributed by atoms with Gasteiger partial charge in [-0.05, 0) is 25.0 Å². The Morgan fingerprint density at radius 1 is 0.949 bits per heavy atom. The minimum absolute atomic E-state index is 0.0448. The zero-order valence-corrected chi connectivity index (χ0v) is 25.6. The summed E-state index contributed by atoms with van der Waals surface area (Å²) in [6, 6.07) is 14.1. The number of aromatic amines is 1. The molecule has 1 aromatic heterocycles. The fourth-order valence-corrected chi connectivity index (χ4v) is 2.95. The van der Waals surface area contributed by atoms with Gasteiger partial charge < -0.3 is 15.5 Å². The van der Waals surface area contributed by atoms with E-state index in [2.05, 4.69) is 4.98 Å². The summed E-state index contributed by atoms with van der Waals surface area (Å²) >= 11 is 0. The lowest BCUT2D eigenvalue weighted by Gasteiger charge is -2.12. The van der Waals surface area contributed by atoms with Crippen molar-refractivity contribution < 1.29 is 13.9 Å². The van der Waals surface area contributed by atoms with Crippen molar-refractivity contribution in [1.82, 2.24) is 9.55 Å². The smallest absolute Gasteiger partial charge is 0.328 e. The molecular weight excluding hydrogens is 497 g/mol. The van der Waals surface area contributed by atoms with E-state index in [1.165, 1.54) is 19.2 Å². The zero-order valence-electron chi connectivity index (χ0n) is 25.6. The number of amides is 1. The molecule has 0 radical (unpaired) electrons. The number of ether oxygens (including phenoxy) is 1. The second-order valence-corrected chi connectivity index (χ2v) is 8.56. The molecule has 218 valence electrons. The standard InChI is InChI=1S/C20H19FN2O3.C5H11NO.3C2H6/c1-13-17(15-9-6-10-16(26-2)18(15)21)19(24)23(20(25)22-13)12-11-14-7-4-3-5-8-14;1-5(2,3)4(6)7;3*1-2/h3-10H,11-12H2,1-2H3,(H,22,25);1-3H3,(H2,6,7);3*1-2H3. The molecule has 0 bridgehead atoms. The number of aryl methyl sites for hydroxylation is 2. The van der Waals surface area contributed by atoms with Gasteiger partial charge in [0.05, 0.1) is 12.7 Å². The predicted octanol–water partition coefficient (Wildman–Crippen LogP) is 6.50. The van der Waals surface area contributed by atoms with Crippen LogP contribution in [0.25, 0.3) is 11.1 Å². The van der Waals surface area contributed by atoms with E-state index in [1.54, 1.807) is 33.8 Å². The van der Waals surface area contributed by atoms with Crippen molar-refractivity contribution in [3.05, 3.63) is 86.4 Å². The van der Waals surface area contributed by atoms with Gasteiger partial charge in [0.2, 0.25) is 5.91 Å². The summed E-state index contributed by atoms with van der Waals surface area (Å²) in [5.41, 5.74) is 5.12. The molecule has 1 heterocycles. The van der Waals surface area contributed by atoms with Crippen molar-refractivity contribution >= 4 is 5.91 Å². The summed E-state index contributed by atoms with van der Waals surface area (Å²) in [4.78, 5) is 38.1. The third-order valence-electron chi connectivity index (χ3n) is 5.03. The average molecular weight is 546 g/mol. The van der Waals surface area contributed by atoms with Crippen LogP contribution >= 0.6 is 0 Å². The molecule has 3 N–H and O–H groups in total. The van der Waals surface area contributed by atoms with Crippen LogP contribution in [-0.4, -0.2) is 22.6 Å². The summed E-state index contributed by atoms with van der Waals surface area (Å²) in [5, 5.41) is 0. The lowest BCUT2D eigenvalue weighted by molar-refractivity contribution is -0.125. The highest BCUT2D eigenvalue weighted by molar-refractivity contribution is 5.79. The fraction of sp³-hybridized carbons (Fsp3) is 0.452. The summed E-state index contributed by atoms with van der Waals surface area (Å²) in [6.45, 7) is 19.1. The number of aromatic nitrogens is 2. The van der Waals surface area contributed by atoms with Gasteiger partial charge in [0.1, 0.15) is 0 Å². The molecule has 7 nitrogen and oxygen atoms in total. The van der Waals surface area contributed by atoms with Crippen molar-refractivity contribution in [1.29, 1.82) is 0 Å². The number of rotatable bonds is 5. The zero-order chi connectivity index (χ0) is 30.8. The van der Waals surface area contributed by atoms with Crippen LogP contribution in [0.4, 0.5) is 4.39 Å². The molecule has 0 aliphatic rings. The van der Waals surface area contributed by atoms with Crippen LogP contribution < -0.4 is 21.7 Å². The summed E-state index contributed by atoms with van der Waals surface area (Å²) in [5.74, 6) is -0.840. The topological polar surface area (TPSA) is 107 Å². The maximum Gasteiger partial charge on any atom is 0.328 e. The van der Waals surface area contributed by atoms with Gasteiger partial charge in [-0.1, -0.05) is 105 Å². The summed E-state index contributed by atoms with van der Waals surface area (Å²) in [6.07, 6.45) is 0.521. The normalized spacial score (nSPS) is 9.64. The number of nitrogens with zero attached hydrogens (tertiary/aromatic N) is 1. The average Bonchev–Trinajstić information content (AvgIpc) is 2.93. The predicted molar refractivity (Wildman–Crippen MR) is 161 cm³/mol. The van der Waals surface area contributed by atoms with Crippen molar-refractivity contribution in [3.8, 4) is 16.9 Å². The maximum absolute atomic E-state index is 14.6. The molecule has 0 aliphatic heterocycles. The first-order valence-electron chi connectivity index (χ1n) is 13.5. The lowest BCUT2D eigenvalue weighted by atomic mass is 9.96. The minimum atomic E-state index is -0.628. The number of hydrogen-bond donors (Lipinski definition) is 2. The number of carbonyl (C=O) groups excluding carboxylic acids is 1. The van der Waals surface area contributed by atoms with Crippen LogP contribution in [0.1, 0.15) is 73.6 Å². The SMILES string of the molecule is CC.CC.CC.CC(C)(C)C(N)=O.COc1cccc(-c2c(C)[nH]c(=O)n(CCc3ccccc3)c2=O)c1F. The highest BCUT2D eigenvalue weighted by Gasteiger charge is 2.19. The molecule has 3 aromatic rings. The van der Waals surface area contributed by atoms with E-state index < -0.39 is 17.1 Å². The molecule has 0 spiro atoms. The van der Waals surface area contributed by atoms with Crippen molar-refractivity contribution in [2.75, 3.05) is 7.11 Å². The highest BCUT2D eigenvalue weighted by atomic mass is 19.1. The monoisotopic (exact) mass is 545 g/mol. The number of carbonyl (C=O) groups is 1. The summed E-state index contributed by atoms with van der Waals surface area (Å²) in [7, 11) is 1.36. The molecule has 0 saturated heterocycles. The molecular formula is C31H48FN3O4. The first-order chi connectivity index (χ1) is 18.5. The highest BCUT2D eigenvalue weighted by Crippen LogP contribution is 2.28. The van der Waals surface area contributed by atoms with Gasteiger partial charge in [-0.2, -0.15) is 0 Å². The van der Waals surface area contributed by atoms with Gasteiger partial charge in [0.15, 0.2) is 11.6 Å². The van der Waals surface area contributed by atoms with Gasteiger partial charge in [-0.3, -0.25) is 14.2 Å². The number of benzene rings is 2. The Labute approximate surface area is 233 Å². The van der Waals surface area contributed by atoms with Crippen LogP contribution in [0.3, 0.4) is 0 Å². The van der Waals surface area contributed by atoms with Gasteiger partial charge in [0, 0.05) is 23.2 Å². The number of H-pyrrole nitrogens is 1. The van der Waals surface area contributed by atoms with E-state index in [9.17, 15) is 18.8 Å². The molecule has 39 heavy (non-hydrogen) atoms. The van der Waals surface area contributed by atoms with Gasteiger partial charge in [-0.25, -0.2) is 9.18 Å². The fourth-order valence-electron chi connectivity index (χ4n) is 2.95. The quantitative estimate of drug-likeness (QED) is 0.382. The number of hydrogen-bond acceptors (Lipinski definition) is 4. The third-order valence-corrected chi connectivity index (χ3v) is 5.03. The Hall–Kier alpha value is -3.68. The molecule has 2 aromatic carbocycles. The van der Waals surface area contributed by atoms with Gasteiger partial charge in [-0.15, -0.1) is 0 Å². The maximum atomic E-state index is 14.6. The first kappa shape index (κ1) is 37.5. The third kappa shape index (κ3) is 11.7. The van der Waals surface area contributed by atoms with E-state index in [1.807, 2.05) is 71.9 Å². The Morgan fingerprint density at radius 2 is 1.46 bits per heavy atom. The molecule has 8 heteroatoms. The number of nitrogens with one attached hydrogen (secondary N) is 1. The molecule has 0 fully saturated rings. The van der Waals surface area contributed by atoms with Crippen molar-refractivity contribution in [3.63, 3.8) is 0 Å². The van der Waals surface area contributed by atoms with Crippen LogP contribution in [0.15, 0.2) is 58.1 Å². The largest absolute Gasteiger partial charge is 0.494 e. The molecule has 0 aliphatic carbocycles. The Morgan fingerprint density at radius 3 is 1.92 bits per heavy atom. The van der Waals surface area contributed by atoms with Crippen LogP contribution in [-0.2, 0) is 17.8 Å². The minimum Gasteiger partial charge on any atom is -0.494 e. The number of halogens is 1. The first-order valence-corrected chi connectivity index (χ1v) is 13.5. The number of methoxy groups -OCH3 is 1. The van der Waals surface area contributed by atoms with Crippen LogP contribution in [0.5, 0.6) is 5.75 Å². The van der Waals surface area contributed by atoms with Gasteiger partial charge >= 0.3 is 5.69 Å². The van der Waals surface area contributed by atoms with E-state index in [4.69, 9.17) is 10.5 Å². The molecule has 0 unspecified atom stereocenters. The lowest BCUT2D eigenvalue weighted by Crippen LogP contribution is -2.37. The number of primary amides is 1. The van der Waals surface area contributed by atoms with E-state index in [0.29, 0.717) is 12.1 Å². The van der Waals surface area contributed by atoms with E-state index >= 15 is 0 Å². The second-order valence-electron chi connectivity index (χ2n) is 8.56. The van der Waals surface area contributed by atoms with Crippen molar-refractivity contribution in [2.45, 2.75) is 82.2 Å². The number of nitrogens with two attached hydrogens (primary N) is 1. The Bertz CT molecular complexity index is 1230. The molecule has 3 rings (SSSR count). The van der Waals surface area contributed by atoms with E-state index in [-0.39, 0.29) is 34.7 Å². The van der Waals surface area contributed by atoms with Crippen LogP contribution in [0, 0.1) is 18.2 Å². The molecule has 1 amide bonds. The summed E-state index contributed by atoms with van der Waals surface area (Å²) < 4.78 is 20.7. The van der Waals surface area contributed by atoms with Crippen molar-refractivity contribution in [2.24, 2.45) is 11.1 Å².